The van der Waals surface area contributed by atoms with E-state index in [1.165, 1.54) is 0 Å². The largest absolute Gasteiger partial charge is 0.326 e. The van der Waals surface area contributed by atoms with Gasteiger partial charge >= 0.3 is 0 Å². The summed E-state index contributed by atoms with van der Waals surface area (Å²) in [7, 11) is 4.36. The van der Waals surface area contributed by atoms with E-state index >= 15 is 0 Å². The van der Waals surface area contributed by atoms with Crippen LogP contribution in [0.15, 0.2) is 12.3 Å². The number of rotatable bonds is 6. The van der Waals surface area contributed by atoms with Crippen molar-refractivity contribution in [3.63, 3.8) is 0 Å². The Balaban J connectivity index is 1.97. The molecule has 2 N–H and O–H groups in total. The maximum absolute atomic E-state index is 6.47. The molecule has 0 saturated carbocycles. The van der Waals surface area contributed by atoms with Gasteiger partial charge in [0, 0.05) is 44.3 Å². The van der Waals surface area contributed by atoms with Gasteiger partial charge in [0.15, 0.2) is 0 Å². The molecule has 120 valence electrons. The quantitative estimate of drug-likeness (QED) is 0.860. The summed E-state index contributed by atoms with van der Waals surface area (Å²) in [6.45, 7) is 7.70. The second kappa shape index (κ2) is 7.38. The lowest BCUT2D eigenvalue weighted by Gasteiger charge is -2.40. The van der Waals surface area contributed by atoms with Gasteiger partial charge in [0.05, 0.1) is 11.7 Å². The zero-order valence-electron chi connectivity index (χ0n) is 14.0. The van der Waals surface area contributed by atoms with Gasteiger partial charge in [-0.25, -0.2) is 0 Å². The molecule has 1 aliphatic heterocycles. The molecule has 2 unspecified atom stereocenters. The van der Waals surface area contributed by atoms with E-state index in [0.717, 1.165) is 44.6 Å². The predicted molar refractivity (Wildman–Crippen MR) is 87.4 cm³/mol. The molecular formula is C16H31N5. The third kappa shape index (κ3) is 4.05. The lowest BCUT2D eigenvalue weighted by atomic mass is 10.0. The fourth-order valence-corrected chi connectivity index (χ4v) is 3.24. The van der Waals surface area contributed by atoms with Crippen LogP contribution in [0.2, 0.25) is 0 Å². The van der Waals surface area contributed by atoms with Crippen LogP contribution in [0.3, 0.4) is 0 Å². The smallest absolute Gasteiger partial charge is 0.0640 e. The summed E-state index contributed by atoms with van der Waals surface area (Å²) >= 11 is 0. The minimum absolute atomic E-state index is 0.141. The van der Waals surface area contributed by atoms with Crippen molar-refractivity contribution >= 4 is 0 Å². The molecule has 1 saturated heterocycles. The Labute approximate surface area is 129 Å². The maximum Gasteiger partial charge on any atom is 0.0640 e. The molecule has 5 nitrogen and oxygen atoms in total. The minimum Gasteiger partial charge on any atom is -0.326 e. The zero-order chi connectivity index (χ0) is 15.4. The van der Waals surface area contributed by atoms with E-state index in [1.54, 1.807) is 0 Å². The van der Waals surface area contributed by atoms with Gasteiger partial charge in [-0.1, -0.05) is 13.8 Å². The Kier molecular flexibility index (Phi) is 5.79. The van der Waals surface area contributed by atoms with Crippen LogP contribution in [-0.4, -0.2) is 65.4 Å². The number of hydrogen-bond donors (Lipinski definition) is 1. The van der Waals surface area contributed by atoms with Crippen molar-refractivity contribution in [2.75, 3.05) is 33.7 Å². The third-order valence-electron chi connectivity index (χ3n) is 4.82. The molecule has 0 radical (unpaired) electrons. The van der Waals surface area contributed by atoms with Crippen LogP contribution in [0.4, 0.5) is 0 Å². The Bertz CT molecular complexity index is 426. The Hall–Kier alpha value is -0.910. The van der Waals surface area contributed by atoms with Crippen LogP contribution in [0.5, 0.6) is 0 Å². The monoisotopic (exact) mass is 293 g/mol. The van der Waals surface area contributed by atoms with Crippen LogP contribution in [0.25, 0.3) is 0 Å². The average Bonchev–Trinajstić information content (AvgIpc) is 2.91. The summed E-state index contributed by atoms with van der Waals surface area (Å²) in [4.78, 5) is 4.76. The molecule has 2 atom stereocenters. The van der Waals surface area contributed by atoms with Gasteiger partial charge in [-0.2, -0.15) is 5.10 Å². The van der Waals surface area contributed by atoms with Gasteiger partial charge in [0.2, 0.25) is 0 Å². The molecule has 0 amide bonds. The van der Waals surface area contributed by atoms with Crippen LogP contribution >= 0.6 is 0 Å². The van der Waals surface area contributed by atoms with Crippen LogP contribution in [0, 0.1) is 0 Å². The number of likely N-dealkylation sites (N-methyl/N-ethyl adjacent to an activating group) is 2. The summed E-state index contributed by atoms with van der Waals surface area (Å²) in [6.07, 6.45) is 5.21. The van der Waals surface area contributed by atoms with E-state index in [1.807, 2.05) is 0 Å². The number of nitrogens with two attached hydrogens (primary N) is 1. The number of piperazine rings is 1. The van der Waals surface area contributed by atoms with E-state index in [-0.39, 0.29) is 6.04 Å². The molecule has 0 aromatic carbocycles. The number of nitrogens with zero attached hydrogens (tertiary/aromatic N) is 4. The lowest BCUT2D eigenvalue weighted by molar-refractivity contribution is 0.0971. The molecule has 2 heterocycles. The van der Waals surface area contributed by atoms with Crippen molar-refractivity contribution in [2.45, 2.75) is 51.2 Å². The van der Waals surface area contributed by atoms with E-state index in [4.69, 9.17) is 10.8 Å². The molecule has 0 spiro atoms. The summed E-state index contributed by atoms with van der Waals surface area (Å²) in [5.74, 6) is 0. The fourth-order valence-electron chi connectivity index (χ4n) is 3.24. The van der Waals surface area contributed by atoms with Crippen molar-refractivity contribution in [3.8, 4) is 0 Å². The highest BCUT2D eigenvalue weighted by atomic mass is 15.3. The van der Waals surface area contributed by atoms with Crippen molar-refractivity contribution in [1.82, 2.24) is 19.6 Å². The highest BCUT2D eigenvalue weighted by molar-refractivity contribution is 5.04. The van der Waals surface area contributed by atoms with E-state index in [9.17, 15) is 0 Å². The maximum atomic E-state index is 6.47. The Morgan fingerprint density at radius 2 is 2.00 bits per heavy atom. The third-order valence-corrected chi connectivity index (χ3v) is 4.82. The molecule has 2 rings (SSSR count). The molecular weight excluding hydrogens is 262 g/mol. The van der Waals surface area contributed by atoms with Crippen LogP contribution in [0.1, 0.15) is 38.4 Å². The summed E-state index contributed by atoms with van der Waals surface area (Å²) in [5, 5.41) is 4.74. The Morgan fingerprint density at radius 3 is 2.67 bits per heavy atom. The van der Waals surface area contributed by atoms with Gasteiger partial charge in [-0.15, -0.1) is 0 Å². The molecule has 1 aromatic rings. The zero-order valence-corrected chi connectivity index (χ0v) is 14.0. The van der Waals surface area contributed by atoms with E-state index in [2.05, 4.69) is 54.7 Å². The van der Waals surface area contributed by atoms with E-state index < -0.39 is 0 Å². The van der Waals surface area contributed by atoms with Crippen LogP contribution < -0.4 is 5.73 Å². The van der Waals surface area contributed by atoms with Crippen molar-refractivity contribution < 1.29 is 0 Å². The van der Waals surface area contributed by atoms with Gasteiger partial charge in [-0.3, -0.25) is 9.58 Å². The Morgan fingerprint density at radius 1 is 1.29 bits per heavy atom. The first-order valence-corrected chi connectivity index (χ1v) is 8.23. The van der Waals surface area contributed by atoms with Crippen molar-refractivity contribution in [1.29, 1.82) is 0 Å². The number of aromatic nitrogens is 2. The number of hydrogen-bond acceptors (Lipinski definition) is 4. The fraction of sp³-hybridized carbons (Fsp3) is 0.812. The van der Waals surface area contributed by atoms with E-state index in [0.29, 0.717) is 12.1 Å². The first-order chi connectivity index (χ1) is 10.0. The molecule has 1 aromatic heterocycles. The second-order valence-electron chi connectivity index (χ2n) is 6.44. The van der Waals surface area contributed by atoms with Gasteiger partial charge in [0.25, 0.3) is 0 Å². The SMILES string of the molecule is CCC(CC)n1ccc(CC(N)C2CN(C)CCN2C)n1. The molecule has 1 aliphatic rings. The standard InChI is InChI=1S/C16H31N5/c1-5-14(6-2)21-8-7-13(18-21)11-15(17)16-12-19(3)9-10-20(16)4/h7-8,14-16H,5-6,9-12,17H2,1-4H3. The van der Waals surface area contributed by atoms with Gasteiger partial charge in [0.1, 0.15) is 0 Å². The van der Waals surface area contributed by atoms with Gasteiger partial charge < -0.3 is 10.6 Å². The molecule has 21 heavy (non-hydrogen) atoms. The molecule has 5 heteroatoms. The summed E-state index contributed by atoms with van der Waals surface area (Å²) < 4.78 is 2.11. The molecule has 0 aliphatic carbocycles. The average molecular weight is 293 g/mol. The lowest BCUT2D eigenvalue weighted by Crippen LogP contribution is -2.58. The first-order valence-electron chi connectivity index (χ1n) is 8.23. The second-order valence-corrected chi connectivity index (χ2v) is 6.44. The predicted octanol–water partition coefficient (Wildman–Crippen LogP) is 1.36. The summed E-state index contributed by atoms with van der Waals surface area (Å²) in [5.41, 5.74) is 7.59. The normalized spacial score (nSPS) is 22.9. The highest BCUT2D eigenvalue weighted by Crippen LogP contribution is 2.16. The minimum atomic E-state index is 0.141. The highest BCUT2D eigenvalue weighted by Gasteiger charge is 2.28. The van der Waals surface area contributed by atoms with Crippen LogP contribution in [-0.2, 0) is 6.42 Å². The molecule has 1 fully saturated rings. The first kappa shape index (κ1) is 16.5. The van der Waals surface area contributed by atoms with Gasteiger partial charge in [-0.05, 0) is 33.0 Å². The molecule has 0 bridgehead atoms. The van der Waals surface area contributed by atoms with Crippen molar-refractivity contribution in [2.24, 2.45) is 5.73 Å². The summed E-state index contributed by atoms with van der Waals surface area (Å²) in [6, 6.07) is 3.20. The topological polar surface area (TPSA) is 50.3 Å². The van der Waals surface area contributed by atoms with Crippen molar-refractivity contribution in [3.05, 3.63) is 18.0 Å².